The Balaban J connectivity index is 2.14. The van der Waals surface area contributed by atoms with Gasteiger partial charge in [-0.15, -0.1) is 0 Å². The van der Waals surface area contributed by atoms with Gasteiger partial charge in [0.1, 0.15) is 0 Å². The van der Waals surface area contributed by atoms with Crippen molar-refractivity contribution in [3.63, 3.8) is 0 Å². The summed E-state index contributed by atoms with van der Waals surface area (Å²) in [5.74, 6) is 0.0758. The van der Waals surface area contributed by atoms with Gasteiger partial charge in [-0.25, -0.2) is 5.01 Å². The number of benzene rings is 1. The van der Waals surface area contributed by atoms with Crippen LogP contribution in [-0.2, 0) is 10.2 Å². The third-order valence-electron chi connectivity index (χ3n) is 4.25. The Kier molecular flexibility index (Phi) is 4.19. The first-order chi connectivity index (χ1) is 9.32. The zero-order valence-corrected chi connectivity index (χ0v) is 13.2. The lowest BCUT2D eigenvalue weighted by atomic mass is 9.85. The van der Waals surface area contributed by atoms with Crippen LogP contribution in [0.2, 0.25) is 0 Å². The van der Waals surface area contributed by atoms with Crippen LogP contribution in [0.15, 0.2) is 24.3 Å². The molecular formula is C17H26N2O. The van der Waals surface area contributed by atoms with E-state index in [2.05, 4.69) is 69.3 Å². The molecule has 1 fully saturated rings. The normalized spacial score (nSPS) is 21.9. The summed E-state index contributed by atoms with van der Waals surface area (Å²) in [6, 6.07) is 8.89. The van der Waals surface area contributed by atoms with E-state index in [1.807, 2.05) is 0 Å². The van der Waals surface area contributed by atoms with Gasteiger partial charge in [0.15, 0.2) is 0 Å². The van der Waals surface area contributed by atoms with Gasteiger partial charge in [-0.3, -0.25) is 10.2 Å². The molecule has 2 rings (SSSR count). The average molecular weight is 274 g/mol. The smallest absolute Gasteiger partial charge is 0.243 e. The molecule has 1 aromatic carbocycles. The quantitative estimate of drug-likeness (QED) is 0.918. The molecule has 1 aliphatic rings. The molecular weight excluding hydrogens is 248 g/mol. The van der Waals surface area contributed by atoms with Gasteiger partial charge in [0.05, 0.1) is 5.92 Å². The predicted molar refractivity (Wildman–Crippen MR) is 82.5 cm³/mol. The highest BCUT2D eigenvalue weighted by molar-refractivity contribution is 5.85. The van der Waals surface area contributed by atoms with E-state index in [4.69, 9.17) is 0 Å². The number of nitrogens with zero attached hydrogens (tertiary/aromatic N) is 1. The van der Waals surface area contributed by atoms with Crippen molar-refractivity contribution in [2.75, 3.05) is 6.54 Å². The largest absolute Gasteiger partial charge is 0.288 e. The third-order valence-corrected chi connectivity index (χ3v) is 4.25. The van der Waals surface area contributed by atoms with Crippen LogP contribution in [0.25, 0.3) is 0 Å². The molecule has 0 spiro atoms. The lowest BCUT2D eigenvalue weighted by Crippen LogP contribution is -2.39. The molecule has 0 radical (unpaired) electrons. The third kappa shape index (κ3) is 3.04. The lowest BCUT2D eigenvalue weighted by Gasteiger charge is -2.22. The minimum absolute atomic E-state index is 0.0435. The monoisotopic (exact) mass is 274 g/mol. The standard InChI is InChI=1S/C17H26N2O/c1-6-12(2)19-11-15(16(20)18-19)13-7-9-14(10-8-13)17(3,4)5/h7-10,12,15H,6,11H2,1-5H3,(H,18,20). The van der Waals surface area contributed by atoms with Crippen molar-refractivity contribution < 1.29 is 4.79 Å². The minimum atomic E-state index is -0.0435. The van der Waals surface area contributed by atoms with Gasteiger partial charge in [0.2, 0.25) is 5.91 Å². The van der Waals surface area contributed by atoms with Gasteiger partial charge in [-0.1, -0.05) is 52.0 Å². The number of hydrazine groups is 1. The van der Waals surface area contributed by atoms with E-state index in [1.54, 1.807) is 0 Å². The number of carbonyl (C=O) groups is 1. The Morgan fingerprint density at radius 2 is 1.90 bits per heavy atom. The lowest BCUT2D eigenvalue weighted by molar-refractivity contribution is -0.122. The van der Waals surface area contributed by atoms with Crippen LogP contribution in [0.5, 0.6) is 0 Å². The van der Waals surface area contributed by atoms with E-state index in [0.29, 0.717) is 6.04 Å². The molecule has 1 aliphatic heterocycles. The fourth-order valence-electron chi connectivity index (χ4n) is 2.53. The van der Waals surface area contributed by atoms with Gasteiger partial charge in [-0.2, -0.15) is 0 Å². The molecule has 3 nitrogen and oxygen atoms in total. The highest BCUT2D eigenvalue weighted by Gasteiger charge is 2.33. The molecule has 20 heavy (non-hydrogen) atoms. The summed E-state index contributed by atoms with van der Waals surface area (Å²) in [6.07, 6.45) is 1.04. The first-order valence-corrected chi connectivity index (χ1v) is 7.50. The first-order valence-electron chi connectivity index (χ1n) is 7.50. The van der Waals surface area contributed by atoms with Crippen LogP contribution in [0, 0.1) is 0 Å². The highest BCUT2D eigenvalue weighted by Crippen LogP contribution is 2.27. The van der Waals surface area contributed by atoms with Gasteiger partial charge < -0.3 is 0 Å². The molecule has 1 heterocycles. The molecule has 0 bridgehead atoms. The van der Waals surface area contributed by atoms with Gasteiger partial charge in [0, 0.05) is 12.6 Å². The Labute approximate surface area is 122 Å². The van der Waals surface area contributed by atoms with E-state index in [1.165, 1.54) is 5.56 Å². The van der Waals surface area contributed by atoms with Crippen LogP contribution in [-0.4, -0.2) is 23.5 Å². The topological polar surface area (TPSA) is 32.3 Å². The summed E-state index contributed by atoms with van der Waals surface area (Å²) < 4.78 is 0. The maximum Gasteiger partial charge on any atom is 0.243 e. The number of hydrogen-bond donors (Lipinski definition) is 1. The average Bonchev–Trinajstić information content (AvgIpc) is 2.79. The molecule has 2 unspecified atom stereocenters. The maximum atomic E-state index is 12.1. The summed E-state index contributed by atoms with van der Waals surface area (Å²) in [5, 5.41) is 2.06. The Morgan fingerprint density at radius 1 is 1.30 bits per heavy atom. The number of hydrogen-bond acceptors (Lipinski definition) is 2. The number of amides is 1. The highest BCUT2D eigenvalue weighted by atomic mass is 16.2. The van der Waals surface area contributed by atoms with E-state index < -0.39 is 0 Å². The van der Waals surface area contributed by atoms with Crippen LogP contribution in [0.3, 0.4) is 0 Å². The molecule has 0 aliphatic carbocycles. The molecule has 2 atom stereocenters. The van der Waals surface area contributed by atoms with E-state index >= 15 is 0 Å². The second-order valence-corrected chi connectivity index (χ2v) is 6.81. The molecule has 1 N–H and O–H groups in total. The summed E-state index contributed by atoms with van der Waals surface area (Å²) in [7, 11) is 0. The number of nitrogens with one attached hydrogen (secondary N) is 1. The Hall–Kier alpha value is -1.35. The van der Waals surface area contributed by atoms with Crippen molar-refractivity contribution in [1.82, 2.24) is 10.4 Å². The van der Waals surface area contributed by atoms with Crippen molar-refractivity contribution >= 4 is 5.91 Å². The van der Waals surface area contributed by atoms with Crippen LogP contribution in [0.4, 0.5) is 0 Å². The molecule has 1 aromatic rings. The Morgan fingerprint density at radius 3 is 2.40 bits per heavy atom. The van der Waals surface area contributed by atoms with Crippen LogP contribution < -0.4 is 5.43 Å². The van der Waals surface area contributed by atoms with Gasteiger partial charge >= 0.3 is 0 Å². The second kappa shape index (κ2) is 5.57. The molecule has 1 saturated heterocycles. The van der Waals surface area contributed by atoms with Crippen LogP contribution in [0.1, 0.15) is 58.1 Å². The van der Waals surface area contributed by atoms with E-state index in [0.717, 1.165) is 18.5 Å². The summed E-state index contributed by atoms with van der Waals surface area (Å²) in [4.78, 5) is 12.1. The van der Waals surface area contributed by atoms with Crippen LogP contribution >= 0.6 is 0 Å². The number of carbonyl (C=O) groups excluding carboxylic acids is 1. The van der Waals surface area contributed by atoms with Crippen molar-refractivity contribution in [1.29, 1.82) is 0 Å². The van der Waals surface area contributed by atoms with Crippen molar-refractivity contribution in [3.05, 3.63) is 35.4 Å². The van der Waals surface area contributed by atoms with Crippen molar-refractivity contribution in [2.45, 2.75) is 58.4 Å². The predicted octanol–water partition coefficient (Wildman–Crippen LogP) is 3.21. The second-order valence-electron chi connectivity index (χ2n) is 6.81. The fraction of sp³-hybridized carbons (Fsp3) is 0.588. The molecule has 3 heteroatoms. The molecule has 0 saturated carbocycles. The van der Waals surface area contributed by atoms with E-state index in [9.17, 15) is 4.79 Å². The minimum Gasteiger partial charge on any atom is -0.288 e. The number of rotatable bonds is 3. The van der Waals surface area contributed by atoms with Gasteiger partial charge in [0.25, 0.3) is 0 Å². The molecule has 1 amide bonds. The summed E-state index contributed by atoms with van der Waals surface area (Å²) >= 11 is 0. The summed E-state index contributed by atoms with van der Waals surface area (Å²) in [6.45, 7) is 11.7. The zero-order chi connectivity index (χ0) is 14.9. The zero-order valence-electron chi connectivity index (χ0n) is 13.2. The van der Waals surface area contributed by atoms with Crippen molar-refractivity contribution in [2.24, 2.45) is 0 Å². The first kappa shape index (κ1) is 15.0. The van der Waals surface area contributed by atoms with E-state index in [-0.39, 0.29) is 17.2 Å². The van der Waals surface area contributed by atoms with Gasteiger partial charge in [-0.05, 0) is 29.9 Å². The summed E-state index contributed by atoms with van der Waals surface area (Å²) in [5.41, 5.74) is 5.56. The Bertz CT molecular complexity index is 473. The maximum absolute atomic E-state index is 12.1. The molecule has 110 valence electrons. The van der Waals surface area contributed by atoms with Crippen molar-refractivity contribution in [3.8, 4) is 0 Å². The SMILES string of the molecule is CCC(C)N1CC(c2ccc(C(C)(C)C)cc2)C(=O)N1. The molecule has 0 aromatic heterocycles. The fourth-order valence-corrected chi connectivity index (χ4v) is 2.53.